The van der Waals surface area contributed by atoms with Gasteiger partial charge in [-0.2, -0.15) is 13.2 Å². The van der Waals surface area contributed by atoms with Gasteiger partial charge in [0.1, 0.15) is 5.82 Å². The minimum atomic E-state index is -4.26. The van der Waals surface area contributed by atoms with Crippen LogP contribution >= 0.6 is 11.6 Å². The molecule has 0 radical (unpaired) electrons. The van der Waals surface area contributed by atoms with Crippen molar-refractivity contribution in [2.75, 3.05) is 6.54 Å². The summed E-state index contributed by atoms with van der Waals surface area (Å²) in [5.74, 6) is -0.614. The zero-order valence-electron chi connectivity index (χ0n) is 9.82. The van der Waals surface area contributed by atoms with Crippen LogP contribution < -0.4 is 5.32 Å². The third-order valence-electron chi connectivity index (χ3n) is 2.47. The van der Waals surface area contributed by atoms with Gasteiger partial charge < -0.3 is 5.32 Å². The van der Waals surface area contributed by atoms with E-state index in [9.17, 15) is 17.6 Å². The maximum absolute atomic E-state index is 13.2. The molecule has 18 heavy (non-hydrogen) atoms. The van der Waals surface area contributed by atoms with Gasteiger partial charge in [0, 0.05) is 6.04 Å². The van der Waals surface area contributed by atoms with Crippen molar-refractivity contribution in [2.45, 2.75) is 32.0 Å². The highest BCUT2D eigenvalue weighted by molar-refractivity contribution is 6.31. The molecule has 1 unspecified atom stereocenters. The molecular weight excluding hydrogens is 270 g/mol. The Labute approximate surface area is 108 Å². The lowest BCUT2D eigenvalue weighted by molar-refractivity contribution is -0.139. The van der Waals surface area contributed by atoms with E-state index in [1.54, 1.807) is 6.92 Å². The quantitative estimate of drug-likeness (QED) is 0.807. The van der Waals surface area contributed by atoms with E-state index in [4.69, 9.17) is 11.6 Å². The van der Waals surface area contributed by atoms with Gasteiger partial charge in [-0.15, -0.1) is 0 Å². The average molecular weight is 284 g/mol. The molecule has 0 bridgehead atoms. The molecule has 1 aromatic carbocycles. The molecule has 0 aliphatic rings. The molecule has 0 heterocycles. The average Bonchev–Trinajstić information content (AvgIpc) is 2.23. The Balaban J connectivity index is 2.80. The monoisotopic (exact) mass is 283 g/mol. The largest absolute Gasteiger partial charge is 0.390 e. The predicted molar refractivity (Wildman–Crippen MR) is 63.3 cm³/mol. The van der Waals surface area contributed by atoms with E-state index in [1.165, 1.54) is 18.2 Å². The molecule has 1 aromatic rings. The summed E-state index contributed by atoms with van der Waals surface area (Å²) >= 11 is 5.72. The van der Waals surface area contributed by atoms with Crippen LogP contribution in [0.5, 0.6) is 0 Å². The normalized spacial score (nSPS) is 13.7. The van der Waals surface area contributed by atoms with Crippen LogP contribution in [-0.4, -0.2) is 18.8 Å². The Morgan fingerprint density at radius 3 is 2.56 bits per heavy atom. The first-order valence-corrected chi connectivity index (χ1v) is 5.94. The van der Waals surface area contributed by atoms with Crippen LogP contribution in [0, 0.1) is 5.82 Å². The van der Waals surface area contributed by atoms with Gasteiger partial charge in [0.15, 0.2) is 0 Å². The standard InChI is InChI=1S/C12H14ClF4N/c1-2-18-9(7-12(15,16)17)6-8-4-3-5-10(14)11(8)13/h3-5,9,18H,2,6-7H2,1H3. The Morgan fingerprint density at radius 1 is 1.33 bits per heavy atom. The molecule has 0 saturated carbocycles. The highest BCUT2D eigenvalue weighted by Crippen LogP contribution is 2.26. The fraction of sp³-hybridized carbons (Fsp3) is 0.500. The number of rotatable bonds is 5. The first-order valence-electron chi connectivity index (χ1n) is 5.56. The van der Waals surface area contributed by atoms with E-state index in [1.807, 2.05) is 0 Å². The topological polar surface area (TPSA) is 12.0 Å². The summed E-state index contributed by atoms with van der Waals surface area (Å²) in [7, 11) is 0. The Kier molecular flexibility index (Phi) is 5.41. The zero-order chi connectivity index (χ0) is 13.8. The van der Waals surface area contributed by atoms with Crippen molar-refractivity contribution in [1.29, 1.82) is 0 Å². The van der Waals surface area contributed by atoms with Gasteiger partial charge in [-0.3, -0.25) is 0 Å². The summed E-state index contributed by atoms with van der Waals surface area (Å²) in [6.07, 6.45) is -5.18. The number of halogens is 5. The molecule has 6 heteroatoms. The summed E-state index contributed by atoms with van der Waals surface area (Å²) in [5, 5.41) is 2.62. The van der Waals surface area contributed by atoms with Gasteiger partial charge in [0.2, 0.25) is 0 Å². The SMILES string of the molecule is CCNC(Cc1cccc(F)c1Cl)CC(F)(F)F. The molecule has 0 aromatic heterocycles. The molecular formula is C12H14ClF4N. The highest BCUT2D eigenvalue weighted by Gasteiger charge is 2.31. The molecule has 0 spiro atoms. The van der Waals surface area contributed by atoms with Gasteiger partial charge in [-0.05, 0) is 24.6 Å². The molecule has 0 fully saturated rings. The number of hydrogen-bond donors (Lipinski definition) is 1. The molecule has 0 aliphatic heterocycles. The number of likely N-dealkylation sites (N-methyl/N-ethyl adjacent to an activating group) is 1. The third-order valence-corrected chi connectivity index (χ3v) is 2.89. The van der Waals surface area contributed by atoms with Gasteiger partial charge in [0.25, 0.3) is 0 Å². The van der Waals surface area contributed by atoms with Crippen molar-refractivity contribution >= 4 is 11.6 Å². The van der Waals surface area contributed by atoms with Crippen molar-refractivity contribution in [1.82, 2.24) is 5.32 Å². The maximum atomic E-state index is 13.2. The second-order valence-corrected chi connectivity index (χ2v) is 4.37. The van der Waals surface area contributed by atoms with Crippen molar-refractivity contribution in [3.63, 3.8) is 0 Å². The fourth-order valence-corrected chi connectivity index (χ4v) is 1.96. The van der Waals surface area contributed by atoms with Crippen LogP contribution in [0.4, 0.5) is 17.6 Å². The fourth-order valence-electron chi connectivity index (χ4n) is 1.76. The molecule has 0 amide bonds. The van der Waals surface area contributed by atoms with Crippen LogP contribution in [0.1, 0.15) is 18.9 Å². The lowest BCUT2D eigenvalue weighted by Gasteiger charge is -2.20. The van der Waals surface area contributed by atoms with Crippen LogP contribution in [0.3, 0.4) is 0 Å². The highest BCUT2D eigenvalue weighted by atomic mass is 35.5. The van der Waals surface area contributed by atoms with Gasteiger partial charge in [0.05, 0.1) is 11.4 Å². The van der Waals surface area contributed by atoms with Crippen LogP contribution in [-0.2, 0) is 6.42 Å². The number of alkyl halides is 3. The van der Waals surface area contributed by atoms with E-state index in [0.29, 0.717) is 12.1 Å². The van der Waals surface area contributed by atoms with E-state index in [2.05, 4.69) is 5.32 Å². The van der Waals surface area contributed by atoms with E-state index in [-0.39, 0.29) is 11.4 Å². The molecule has 1 atom stereocenters. The Morgan fingerprint density at radius 2 is 2.00 bits per heavy atom. The van der Waals surface area contributed by atoms with Gasteiger partial charge >= 0.3 is 6.18 Å². The molecule has 102 valence electrons. The minimum absolute atomic E-state index is 0.0456. The number of benzene rings is 1. The van der Waals surface area contributed by atoms with Crippen LogP contribution in [0.2, 0.25) is 5.02 Å². The van der Waals surface area contributed by atoms with Crippen molar-refractivity contribution in [3.8, 4) is 0 Å². The summed E-state index contributed by atoms with van der Waals surface area (Å²) in [5.41, 5.74) is 0.381. The molecule has 0 saturated heterocycles. The van der Waals surface area contributed by atoms with Crippen molar-refractivity contribution < 1.29 is 17.6 Å². The molecule has 1 nitrogen and oxygen atoms in total. The Bertz CT molecular complexity index is 392. The molecule has 0 aliphatic carbocycles. The van der Waals surface area contributed by atoms with Crippen molar-refractivity contribution in [2.24, 2.45) is 0 Å². The maximum Gasteiger partial charge on any atom is 0.390 e. The van der Waals surface area contributed by atoms with Gasteiger partial charge in [-0.25, -0.2) is 4.39 Å². The molecule has 1 N–H and O–H groups in total. The predicted octanol–water partition coefficient (Wildman–Crippen LogP) is 3.95. The minimum Gasteiger partial charge on any atom is -0.314 e. The second kappa shape index (κ2) is 6.38. The molecule has 1 rings (SSSR count). The third kappa shape index (κ3) is 4.82. The van der Waals surface area contributed by atoms with E-state index < -0.39 is 24.5 Å². The van der Waals surface area contributed by atoms with E-state index in [0.717, 1.165) is 0 Å². The van der Waals surface area contributed by atoms with E-state index >= 15 is 0 Å². The first-order chi connectivity index (χ1) is 8.33. The summed E-state index contributed by atoms with van der Waals surface area (Å²) < 4.78 is 50.3. The lowest BCUT2D eigenvalue weighted by Crippen LogP contribution is -2.35. The lowest BCUT2D eigenvalue weighted by atomic mass is 10.0. The smallest absolute Gasteiger partial charge is 0.314 e. The van der Waals surface area contributed by atoms with Crippen LogP contribution in [0.15, 0.2) is 18.2 Å². The van der Waals surface area contributed by atoms with Gasteiger partial charge in [-0.1, -0.05) is 30.7 Å². The van der Waals surface area contributed by atoms with Crippen LogP contribution in [0.25, 0.3) is 0 Å². The van der Waals surface area contributed by atoms with Crippen molar-refractivity contribution in [3.05, 3.63) is 34.6 Å². The second-order valence-electron chi connectivity index (χ2n) is 3.99. The number of nitrogens with one attached hydrogen (secondary N) is 1. The summed E-state index contributed by atoms with van der Waals surface area (Å²) in [6.45, 7) is 2.13. The summed E-state index contributed by atoms with van der Waals surface area (Å²) in [4.78, 5) is 0. The Hall–Kier alpha value is -0.810. The first kappa shape index (κ1) is 15.2. The zero-order valence-corrected chi connectivity index (χ0v) is 10.6. The summed E-state index contributed by atoms with van der Waals surface area (Å²) in [6, 6.07) is 3.35. The number of hydrogen-bond acceptors (Lipinski definition) is 1.